The summed E-state index contributed by atoms with van der Waals surface area (Å²) in [5, 5.41) is 4.57. The van der Waals surface area contributed by atoms with Crippen LogP contribution in [-0.2, 0) is 19.1 Å². The number of rotatable bonds is 7. The highest BCUT2D eigenvalue weighted by molar-refractivity contribution is 5.98. The van der Waals surface area contributed by atoms with Crippen molar-refractivity contribution in [3.05, 3.63) is 30.3 Å². The van der Waals surface area contributed by atoms with Crippen LogP contribution in [-0.4, -0.2) is 75.4 Å². The van der Waals surface area contributed by atoms with Crippen molar-refractivity contribution >= 4 is 17.5 Å². The fraction of sp³-hybridized carbons (Fsp3) is 0.619. The second-order valence-corrected chi connectivity index (χ2v) is 8.01. The molecule has 0 aromatic heterocycles. The highest BCUT2D eigenvalue weighted by atomic mass is 16.5. The molecule has 4 atom stereocenters. The van der Waals surface area contributed by atoms with Gasteiger partial charge >= 0.3 is 0 Å². The Morgan fingerprint density at radius 3 is 2.86 bits per heavy atom. The molecule has 0 bridgehead atoms. The molecule has 8 nitrogen and oxygen atoms in total. The fourth-order valence-electron chi connectivity index (χ4n) is 4.59. The summed E-state index contributed by atoms with van der Waals surface area (Å²) in [6.45, 7) is 3.75. The number of para-hydroxylation sites is 1. The Morgan fingerprint density at radius 1 is 1.31 bits per heavy atom. The van der Waals surface area contributed by atoms with Gasteiger partial charge in [0.2, 0.25) is 11.8 Å². The Bertz CT molecular complexity index is 710. The molecule has 29 heavy (non-hydrogen) atoms. The average molecular weight is 402 g/mol. The number of likely N-dealkylation sites (tertiary alicyclic amines) is 1. The second kappa shape index (κ2) is 9.21. The number of hydrogen-bond acceptors (Lipinski definition) is 6. The molecule has 4 rings (SSSR count). The maximum absolute atomic E-state index is 13.2. The van der Waals surface area contributed by atoms with Gasteiger partial charge in [-0.3, -0.25) is 14.5 Å². The lowest BCUT2D eigenvalue weighted by molar-refractivity contribution is -0.130. The summed E-state index contributed by atoms with van der Waals surface area (Å²) in [4.78, 5) is 28.4. The first-order valence-corrected chi connectivity index (χ1v) is 10.4. The second-order valence-electron chi connectivity index (χ2n) is 8.01. The number of benzene rings is 1. The van der Waals surface area contributed by atoms with E-state index in [2.05, 4.69) is 15.6 Å². The molecule has 8 heteroatoms. The van der Waals surface area contributed by atoms with E-state index in [0.29, 0.717) is 26.2 Å². The summed E-state index contributed by atoms with van der Waals surface area (Å²) >= 11 is 0. The number of carbonyl (C=O) groups is 2. The quantitative estimate of drug-likeness (QED) is 0.643. The van der Waals surface area contributed by atoms with E-state index in [1.807, 2.05) is 30.3 Å². The maximum atomic E-state index is 13.2. The average Bonchev–Trinajstić information content (AvgIpc) is 3.36. The normalized spacial score (nSPS) is 29.8. The van der Waals surface area contributed by atoms with Crippen molar-refractivity contribution in [2.24, 2.45) is 11.8 Å². The third-order valence-electron chi connectivity index (χ3n) is 6.03. The lowest BCUT2D eigenvalue weighted by Crippen LogP contribution is -2.58. The molecule has 3 aliphatic heterocycles. The highest BCUT2D eigenvalue weighted by Gasteiger charge is 2.51. The third kappa shape index (κ3) is 4.45. The van der Waals surface area contributed by atoms with Crippen molar-refractivity contribution < 1.29 is 19.1 Å². The van der Waals surface area contributed by atoms with Gasteiger partial charge in [-0.15, -0.1) is 0 Å². The molecule has 0 aliphatic carbocycles. The van der Waals surface area contributed by atoms with Crippen molar-refractivity contribution in [1.29, 1.82) is 0 Å². The Kier molecular flexibility index (Phi) is 6.44. The topological polar surface area (TPSA) is 83.1 Å². The molecule has 158 valence electrons. The largest absolute Gasteiger partial charge is 0.383 e. The Labute approximate surface area is 171 Å². The Morgan fingerprint density at radius 2 is 2.14 bits per heavy atom. The summed E-state index contributed by atoms with van der Waals surface area (Å²) in [5.74, 6) is -0.592. The van der Waals surface area contributed by atoms with Gasteiger partial charge in [0, 0.05) is 39.9 Å². The number of piperidine rings is 1. The predicted molar refractivity (Wildman–Crippen MR) is 108 cm³/mol. The summed E-state index contributed by atoms with van der Waals surface area (Å²) in [5.41, 5.74) is 4.13. The first kappa shape index (κ1) is 20.3. The summed E-state index contributed by atoms with van der Waals surface area (Å²) in [6, 6.07) is 9.33. The van der Waals surface area contributed by atoms with Crippen LogP contribution >= 0.6 is 0 Å². The van der Waals surface area contributed by atoms with E-state index in [-0.39, 0.29) is 35.8 Å². The van der Waals surface area contributed by atoms with Gasteiger partial charge < -0.3 is 14.8 Å². The van der Waals surface area contributed by atoms with Crippen molar-refractivity contribution in [1.82, 2.24) is 15.6 Å². The fourth-order valence-corrected chi connectivity index (χ4v) is 4.59. The number of fused-ring (bicyclic) bond motifs is 1. The van der Waals surface area contributed by atoms with E-state index < -0.39 is 0 Å². The first-order chi connectivity index (χ1) is 14.2. The van der Waals surface area contributed by atoms with Gasteiger partial charge in [0.1, 0.15) is 0 Å². The van der Waals surface area contributed by atoms with Gasteiger partial charge in [0.05, 0.1) is 36.3 Å². The number of anilines is 1. The molecule has 3 aliphatic rings. The number of hydrogen-bond donors (Lipinski definition) is 2. The number of amides is 2. The molecule has 0 spiro atoms. The van der Waals surface area contributed by atoms with Crippen LogP contribution in [0, 0.1) is 11.8 Å². The van der Waals surface area contributed by atoms with Gasteiger partial charge in [0.25, 0.3) is 0 Å². The van der Waals surface area contributed by atoms with E-state index in [1.54, 1.807) is 12.1 Å². The molecule has 0 radical (unpaired) electrons. The van der Waals surface area contributed by atoms with Crippen LogP contribution in [0.25, 0.3) is 0 Å². The van der Waals surface area contributed by atoms with Gasteiger partial charge in [-0.05, 0) is 25.0 Å². The smallest absolute Gasteiger partial charge is 0.247 e. The van der Waals surface area contributed by atoms with E-state index in [9.17, 15) is 9.59 Å². The lowest BCUT2D eigenvalue weighted by atomic mass is 9.83. The third-order valence-corrected chi connectivity index (χ3v) is 6.03. The molecule has 4 unspecified atom stereocenters. The minimum atomic E-state index is -0.315. The van der Waals surface area contributed by atoms with Crippen molar-refractivity contribution in [3.8, 4) is 0 Å². The predicted octanol–water partition coefficient (Wildman–Crippen LogP) is 0.396. The molecule has 2 N–H and O–H groups in total. The van der Waals surface area contributed by atoms with Crippen LogP contribution < -0.4 is 15.8 Å². The van der Waals surface area contributed by atoms with Crippen molar-refractivity contribution in [2.75, 3.05) is 51.5 Å². The van der Waals surface area contributed by atoms with Crippen LogP contribution in [0.4, 0.5) is 5.69 Å². The van der Waals surface area contributed by atoms with Gasteiger partial charge in [-0.25, -0.2) is 10.4 Å². The molecule has 2 amide bonds. The van der Waals surface area contributed by atoms with Crippen LogP contribution in [0.2, 0.25) is 0 Å². The van der Waals surface area contributed by atoms with Crippen LogP contribution in [0.15, 0.2) is 30.3 Å². The molecule has 1 aromatic carbocycles. The highest BCUT2D eigenvalue weighted by Crippen LogP contribution is 2.32. The number of nitrogens with zero attached hydrogens (tertiary/aromatic N) is 2. The number of ether oxygens (including phenoxy) is 2. The number of methoxy groups -OCH3 is 1. The molecular formula is C21H30N4O4. The lowest BCUT2D eigenvalue weighted by Gasteiger charge is -2.39. The van der Waals surface area contributed by atoms with E-state index in [4.69, 9.17) is 9.47 Å². The van der Waals surface area contributed by atoms with Crippen molar-refractivity contribution in [2.45, 2.75) is 25.0 Å². The zero-order valence-corrected chi connectivity index (χ0v) is 16.9. The molecular weight excluding hydrogens is 372 g/mol. The van der Waals surface area contributed by atoms with Gasteiger partial charge in [-0.1, -0.05) is 18.2 Å². The Hall–Kier alpha value is -2.00. The SMILES string of the molecule is COCCNC(=O)C1CN(CC2CCCO2)CC2C(=O)N(c3ccccc3)NC12. The monoisotopic (exact) mass is 402 g/mol. The summed E-state index contributed by atoms with van der Waals surface area (Å²) in [6.07, 6.45) is 2.31. The minimum Gasteiger partial charge on any atom is -0.383 e. The number of carbonyl (C=O) groups excluding carboxylic acids is 2. The summed E-state index contributed by atoms with van der Waals surface area (Å²) in [7, 11) is 1.61. The number of nitrogens with one attached hydrogen (secondary N) is 2. The minimum absolute atomic E-state index is 0.0212. The summed E-state index contributed by atoms with van der Waals surface area (Å²) < 4.78 is 10.8. The maximum Gasteiger partial charge on any atom is 0.247 e. The standard InChI is InChI=1S/C21H30N4O4/c1-28-11-9-22-20(26)17-13-24(12-16-8-5-10-29-16)14-18-19(17)23-25(21(18)27)15-6-3-2-4-7-15/h2-4,6-7,16-19,23H,5,8-14H2,1H3,(H,22,26). The zero-order chi connectivity index (χ0) is 20.2. The van der Waals surface area contributed by atoms with Gasteiger partial charge in [-0.2, -0.15) is 0 Å². The van der Waals surface area contributed by atoms with E-state index in [0.717, 1.165) is 31.7 Å². The van der Waals surface area contributed by atoms with Crippen LogP contribution in [0.3, 0.4) is 0 Å². The van der Waals surface area contributed by atoms with E-state index >= 15 is 0 Å². The Balaban J connectivity index is 1.51. The molecule has 0 saturated carbocycles. The zero-order valence-electron chi connectivity index (χ0n) is 16.9. The van der Waals surface area contributed by atoms with Crippen molar-refractivity contribution in [3.63, 3.8) is 0 Å². The van der Waals surface area contributed by atoms with Crippen LogP contribution in [0.5, 0.6) is 0 Å². The molecule has 1 aromatic rings. The van der Waals surface area contributed by atoms with Crippen LogP contribution in [0.1, 0.15) is 12.8 Å². The first-order valence-electron chi connectivity index (χ1n) is 10.4. The van der Waals surface area contributed by atoms with E-state index in [1.165, 1.54) is 0 Å². The molecule has 3 heterocycles. The van der Waals surface area contributed by atoms with Gasteiger partial charge in [0.15, 0.2) is 0 Å². The number of hydrazine groups is 1. The molecule has 3 fully saturated rings. The molecule has 3 saturated heterocycles.